The lowest BCUT2D eigenvalue weighted by Crippen LogP contribution is -2.28. The number of aliphatic hydroxyl groups is 1. The van der Waals surface area contributed by atoms with Crippen LogP contribution in [0.5, 0.6) is 0 Å². The Labute approximate surface area is 90.0 Å². The highest BCUT2D eigenvalue weighted by atomic mass is 32.1. The van der Waals surface area contributed by atoms with E-state index in [1.54, 1.807) is 11.3 Å². The first kappa shape index (κ1) is 11.7. The van der Waals surface area contributed by atoms with Crippen LogP contribution >= 0.6 is 11.3 Å². The van der Waals surface area contributed by atoms with Crippen LogP contribution in [0.15, 0.2) is 17.5 Å². The van der Waals surface area contributed by atoms with E-state index in [0.717, 1.165) is 12.8 Å². The Morgan fingerprint density at radius 3 is 2.93 bits per heavy atom. The highest BCUT2D eigenvalue weighted by Crippen LogP contribution is 2.17. The molecule has 2 N–H and O–H groups in total. The Kier molecular flexibility index (Phi) is 5.15. The second-order valence-corrected chi connectivity index (χ2v) is 4.57. The fourth-order valence-corrected chi connectivity index (χ4v) is 2.15. The van der Waals surface area contributed by atoms with Crippen LogP contribution in [-0.4, -0.2) is 17.8 Å². The summed E-state index contributed by atoms with van der Waals surface area (Å²) in [6.45, 7) is 4.91. The van der Waals surface area contributed by atoms with Crippen molar-refractivity contribution in [3.8, 4) is 0 Å². The van der Waals surface area contributed by atoms with Gasteiger partial charge in [-0.25, -0.2) is 0 Å². The van der Waals surface area contributed by atoms with Crippen molar-refractivity contribution >= 4 is 11.3 Å². The largest absolute Gasteiger partial charge is 0.392 e. The monoisotopic (exact) mass is 213 g/mol. The van der Waals surface area contributed by atoms with Crippen LogP contribution in [-0.2, 0) is 0 Å². The molecule has 0 aliphatic carbocycles. The SMILES string of the molecule is CCCC(O)CNC(C)c1cccs1. The minimum absolute atomic E-state index is 0.206. The van der Waals surface area contributed by atoms with E-state index in [1.165, 1.54) is 4.88 Å². The maximum atomic E-state index is 9.54. The van der Waals surface area contributed by atoms with Gasteiger partial charge in [0.15, 0.2) is 0 Å². The molecule has 0 aromatic carbocycles. The summed E-state index contributed by atoms with van der Waals surface area (Å²) in [6, 6.07) is 4.52. The zero-order valence-corrected chi connectivity index (χ0v) is 9.68. The van der Waals surface area contributed by atoms with Gasteiger partial charge in [0.05, 0.1) is 6.10 Å². The van der Waals surface area contributed by atoms with Gasteiger partial charge < -0.3 is 10.4 Å². The molecule has 1 heterocycles. The molecule has 1 aromatic heterocycles. The maximum Gasteiger partial charge on any atom is 0.0664 e. The molecule has 14 heavy (non-hydrogen) atoms. The number of hydrogen-bond acceptors (Lipinski definition) is 3. The topological polar surface area (TPSA) is 32.3 Å². The molecule has 0 amide bonds. The summed E-state index contributed by atoms with van der Waals surface area (Å²) in [7, 11) is 0. The lowest BCUT2D eigenvalue weighted by molar-refractivity contribution is 0.157. The van der Waals surface area contributed by atoms with E-state index < -0.39 is 0 Å². The first-order valence-corrected chi connectivity index (χ1v) is 6.06. The van der Waals surface area contributed by atoms with Gasteiger partial charge in [-0.2, -0.15) is 0 Å². The number of aliphatic hydroxyl groups excluding tert-OH is 1. The molecule has 0 aliphatic heterocycles. The summed E-state index contributed by atoms with van der Waals surface area (Å²) in [6.07, 6.45) is 1.71. The molecule has 2 nitrogen and oxygen atoms in total. The van der Waals surface area contributed by atoms with Gasteiger partial charge in [0.1, 0.15) is 0 Å². The van der Waals surface area contributed by atoms with Gasteiger partial charge in [0.2, 0.25) is 0 Å². The van der Waals surface area contributed by atoms with Crippen LogP contribution in [0.3, 0.4) is 0 Å². The van der Waals surface area contributed by atoms with E-state index in [-0.39, 0.29) is 6.10 Å². The van der Waals surface area contributed by atoms with Crippen LogP contribution in [0.1, 0.15) is 37.6 Å². The molecule has 3 heteroatoms. The van der Waals surface area contributed by atoms with E-state index in [2.05, 4.69) is 36.7 Å². The average molecular weight is 213 g/mol. The summed E-state index contributed by atoms with van der Waals surface area (Å²) in [4.78, 5) is 1.33. The Bertz CT molecular complexity index is 235. The van der Waals surface area contributed by atoms with Gasteiger partial charge >= 0.3 is 0 Å². The average Bonchev–Trinajstić information content (AvgIpc) is 2.67. The van der Waals surface area contributed by atoms with E-state index in [9.17, 15) is 5.11 Å². The molecule has 80 valence electrons. The molecule has 0 radical (unpaired) electrons. The van der Waals surface area contributed by atoms with Crippen molar-refractivity contribution in [3.05, 3.63) is 22.4 Å². The van der Waals surface area contributed by atoms with Crippen LogP contribution in [0.2, 0.25) is 0 Å². The minimum atomic E-state index is -0.206. The van der Waals surface area contributed by atoms with E-state index >= 15 is 0 Å². The third kappa shape index (κ3) is 3.78. The molecule has 0 bridgehead atoms. The van der Waals surface area contributed by atoms with Crippen LogP contribution in [0.4, 0.5) is 0 Å². The molecule has 0 fully saturated rings. The molecular weight excluding hydrogens is 194 g/mol. The van der Waals surface area contributed by atoms with Crippen molar-refractivity contribution in [2.24, 2.45) is 0 Å². The fourth-order valence-electron chi connectivity index (χ4n) is 1.39. The van der Waals surface area contributed by atoms with E-state index in [0.29, 0.717) is 12.6 Å². The summed E-state index contributed by atoms with van der Waals surface area (Å²) < 4.78 is 0. The van der Waals surface area contributed by atoms with Gasteiger partial charge in [0, 0.05) is 17.5 Å². The van der Waals surface area contributed by atoms with Crippen molar-refractivity contribution in [1.29, 1.82) is 0 Å². The Morgan fingerprint density at radius 2 is 2.36 bits per heavy atom. The highest BCUT2D eigenvalue weighted by Gasteiger charge is 2.08. The smallest absolute Gasteiger partial charge is 0.0664 e. The second kappa shape index (κ2) is 6.17. The molecule has 2 unspecified atom stereocenters. The normalized spacial score (nSPS) is 15.4. The maximum absolute atomic E-state index is 9.54. The first-order chi connectivity index (χ1) is 6.74. The molecular formula is C11H19NOS. The molecule has 1 aromatic rings. The minimum Gasteiger partial charge on any atom is -0.392 e. The van der Waals surface area contributed by atoms with Crippen molar-refractivity contribution in [2.45, 2.75) is 38.8 Å². The molecule has 0 spiro atoms. The third-order valence-electron chi connectivity index (χ3n) is 2.25. The van der Waals surface area contributed by atoms with Gasteiger partial charge in [-0.15, -0.1) is 11.3 Å². The Balaban J connectivity index is 2.24. The van der Waals surface area contributed by atoms with E-state index in [1.807, 2.05) is 0 Å². The number of thiophene rings is 1. The van der Waals surface area contributed by atoms with Crippen molar-refractivity contribution in [1.82, 2.24) is 5.32 Å². The number of nitrogens with one attached hydrogen (secondary N) is 1. The Hall–Kier alpha value is -0.380. The predicted octanol–water partition coefficient (Wildman–Crippen LogP) is 2.56. The third-order valence-corrected chi connectivity index (χ3v) is 3.31. The number of rotatable bonds is 6. The first-order valence-electron chi connectivity index (χ1n) is 5.19. The predicted molar refractivity (Wildman–Crippen MR) is 61.7 cm³/mol. The zero-order valence-electron chi connectivity index (χ0n) is 8.86. The van der Waals surface area contributed by atoms with Crippen LogP contribution in [0, 0.1) is 0 Å². The summed E-state index contributed by atoms with van der Waals surface area (Å²) >= 11 is 1.75. The molecule has 0 aliphatic rings. The van der Waals surface area contributed by atoms with Crippen molar-refractivity contribution < 1.29 is 5.11 Å². The van der Waals surface area contributed by atoms with Gasteiger partial charge in [-0.05, 0) is 24.8 Å². The molecule has 0 saturated carbocycles. The standard InChI is InChI=1S/C11H19NOS/c1-3-5-10(13)8-12-9(2)11-6-4-7-14-11/h4,6-7,9-10,12-13H,3,5,8H2,1-2H3. The van der Waals surface area contributed by atoms with Gasteiger partial charge in [0.25, 0.3) is 0 Å². The van der Waals surface area contributed by atoms with E-state index in [4.69, 9.17) is 0 Å². The lowest BCUT2D eigenvalue weighted by Gasteiger charge is -2.15. The molecule has 2 atom stereocenters. The van der Waals surface area contributed by atoms with Gasteiger partial charge in [-0.3, -0.25) is 0 Å². The molecule has 0 saturated heterocycles. The number of hydrogen-bond donors (Lipinski definition) is 2. The second-order valence-electron chi connectivity index (χ2n) is 3.59. The Morgan fingerprint density at radius 1 is 1.57 bits per heavy atom. The van der Waals surface area contributed by atoms with Crippen LogP contribution in [0.25, 0.3) is 0 Å². The quantitative estimate of drug-likeness (QED) is 0.761. The summed E-state index contributed by atoms with van der Waals surface area (Å²) in [5.41, 5.74) is 0. The summed E-state index contributed by atoms with van der Waals surface area (Å²) in [5, 5.41) is 14.9. The fraction of sp³-hybridized carbons (Fsp3) is 0.636. The zero-order chi connectivity index (χ0) is 10.4. The van der Waals surface area contributed by atoms with Crippen molar-refractivity contribution in [3.63, 3.8) is 0 Å². The highest BCUT2D eigenvalue weighted by molar-refractivity contribution is 7.10. The summed E-state index contributed by atoms with van der Waals surface area (Å²) in [5.74, 6) is 0. The lowest BCUT2D eigenvalue weighted by atomic mass is 10.2. The van der Waals surface area contributed by atoms with Gasteiger partial charge in [-0.1, -0.05) is 19.4 Å². The van der Waals surface area contributed by atoms with Crippen molar-refractivity contribution in [2.75, 3.05) is 6.54 Å². The van der Waals surface area contributed by atoms with Crippen LogP contribution < -0.4 is 5.32 Å². The molecule has 1 rings (SSSR count).